The molecule has 2 aromatic carbocycles. The summed E-state index contributed by atoms with van der Waals surface area (Å²) in [6.45, 7) is 5.12. The zero-order chi connectivity index (χ0) is 21.1. The molecule has 0 bridgehead atoms. The van der Waals surface area contributed by atoms with Crippen LogP contribution in [0.1, 0.15) is 25.8 Å². The summed E-state index contributed by atoms with van der Waals surface area (Å²) in [6, 6.07) is 12.9. The van der Waals surface area contributed by atoms with Gasteiger partial charge in [-0.05, 0) is 49.2 Å². The number of benzene rings is 2. The zero-order valence-corrected chi connectivity index (χ0v) is 18.2. The van der Waals surface area contributed by atoms with Gasteiger partial charge >= 0.3 is 0 Å². The van der Waals surface area contributed by atoms with Gasteiger partial charge in [0, 0.05) is 5.56 Å². The molecule has 4 aromatic rings. The third-order valence-electron chi connectivity index (χ3n) is 4.32. The average molecular weight is 442 g/mol. The van der Waals surface area contributed by atoms with Crippen molar-refractivity contribution in [2.75, 3.05) is 13.2 Å². The van der Waals surface area contributed by atoms with Crippen molar-refractivity contribution in [1.82, 2.24) is 14.6 Å². The number of nitrogens with zero attached hydrogens (tertiary/aromatic N) is 3. The number of hydrogen-bond donors (Lipinski definition) is 0. The molecule has 2 aromatic heterocycles. The van der Waals surface area contributed by atoms with Gasteiger partial charge in [0.2, 0.25) is 4.96 Å². The fourth-order valence-electron chi connectivity index (χ4n) is 2.96. The molecule has 0 spiro atoms. The highest BCUT2D eigenvalue weighted by molar-refractivity contribution is 7.15. The largest absolute Gasteiger partial charge is 0.490 e. The van der Waals surface area contributed by atoms with Gasteiger partial charge in [0.05, 0.1) is 22.8 Å². The molecule has 0 saturated heterocycles. The lowest BCUT2D eigenvalue weighted by molar-refractivity contribution is 0.277. The maximum atomic E-state index is 12.8. The lowest BCUT2D eigenvalue weighted by atomic mass is 10.2. The fourth-order valence-corrected chi connectivity index (χ4v) is 4.08. The summed E-state index contributed by atoms with van der Waals surface area (Å²) in [5, 5.41) is 4.90. The molecule has 0 atom stereocenters. The smallest absolute Gasteiger partial charge is 0.291 e. The molecule has 0 aliphatic rings. The van der Waals surface area contributed by atoms with Crippen molar-refractivity contribution in [3.8, 4) is 22.9 Å². The van der Waals surface area contributed by atoms with Crippen LogP contribution in [0.3, 0.4) is 0 Å². The van der Waals surface area contributed by atoms with E-state index in [0.29, 0.717) is 50.6 Å². The second-order valence-corrected chi connectivity index (χ2v) is 7.93. The summed E-state index contributed by atoms with van der Waals surface area (Å²) in [5.74, 6) is 1.80. The van der Waals surface area contributed by atoms with Crippen LogP contribution in [0.4, 0.5) is 0 Å². The minimum atomic E-state index is -0.218. The Morgan fingerprint density at radius 1 is 1.13 bits per heavy atom. The van der Waals surface area contributed by atoms with Crippen molar-refractivity contribution in [3.05, 3.63) is 67.9 Å². The lowest BCUT2D eigenvalue weighted by Gasteiger charge is -2.11. The van der Waals surface area contributed by atoms with E-state index in [4.69, 9.17) is 21.1 Å². The molecule has 0 fully saturated rings. The molecule has 4 rings (SSSR count). The molecule has 0 unspecified atom stereocenters. The van der Waals surface area contributed by atoms with Gasteiger partial charge in [0.25, 0.3) is 5.56 Å². The van der Waals surface area contributed by atoms with Crippen molar-refractivity contribution in [3.63, 3.8) is 0 Å². The van der Waals surface area contributed by atoms with Gasteiger partial charge in [-0.15, -0.1) is 5.10 Å². The first-order valence-electron chi connectivity index (χ1n) is 9.66. The van der Waals surface area contributed by atoms with Crippen LogP contribution in [0.5, 0.6) is 11.5 Å². The number of halogens is 1. The Morgan fingerprint density at radius 2 is 1.97 bits per heavy atom. The van der Waals surface area contributed by atoms with Crippen LogP contribution in [0, 0.1) is 0 Å². The molecule has 8 heteroatoms. The predicted molar refractivity (Wildman–Crippen MR) is 120 cm³/mol. The van der Waals surface area contributed by atoms with Crippen LogP contribution in [0.2, 0.25) is 5.02 Å². The van der Waals surface area contributed by atoms with E-state index in [2.05, 4.69) is 17.0 Å². The number of thiazole rings is 1. The number of hydrogen-bond acceptors (Lipinski definition) is 6. The highest BCUT2D eigenvalue weighted by atomic mass is 35.5. The van der Waals surface area contributed by atoms with E-state index in [-0.39, 0.29) is 5.56 Å². The second kappa shape index (κ2) is 8.85. The summed E-state index contributed by atoms with van der Waals surface area (Å²) in [4.78, 5) is 17.8. The Hall–Kier alpha value is -2.90. The van der Waals surface area contributed by atoms with E-state index in [9.17, 15) is 4.79 Å². The van der Waals surface area contributed by atoms with Gasteiger partial charge in [-0.1, -0.05) is 48.1 Å². The monoisotopic (exact) mass is 441 g/mol. The fraction of sp³-hybridized carbons (Fsp3) is 0.227. The highest BCUT2D eigenvalue weighted by Crippen LogP contribution is 2.29. The summed E-state index contributed by atoms with van der Waals surface area (Å²) < 4.78 is 13.3. The standard InChI is InChI=1S/C22H20ClN3O3S/c1-3-11-29-17-10-9-14(12-18(17)28-4-2)13-19-21(27)26-22(30-19)24-20(25-26)15-7-5-6-8-16(15)23/h5-10,12-13H,3-4,11H2,1-2H3/b19-13-. The Labute approximate surface area is 182 Å². The predicted octanol–water partition coefficient (Wildman–Crippen LogP) is 4.21. The van der Waals surface area contributed by atoms with Crippen LogP contribution in [0.25, 0.3) is 22.4 Å². The topological polar surface area (TPSA) is 65.7 Å². The van der Waals surface area contributed by atoms with Gasteiger partial charge in [0.1, 0.15) is 0 Å². The molecule has 0 radical (unpaired) electrons. The van der Waals surface area contributed by atoms with Crippen molar-refractivity contribution >= 4 is 34.0 Å². The molecule has 0 aliphatic heterocycles. The van der Waals surface area contributed by atoms with E-state index in [1.54, 1.807) is 6.07 Å². The Bertz CT molecular complexity index is 1300. The Morgan fingerprint density at radius 3 is 2.70 bits per heavy atom. The Balaban J connectivity index is 1.72. The van der Waals surface area contributed by atoms with Crippen molar-refractivity contribution in [2.24, 2.45) is 0 Å². The van der Waals surface area contributed by atoms with Crippen LogP contribution >= 0.6 is 22.9 Å². The molecular formula is C22H20ClN3O3S. The first-order chi connectivity index (χ1) is 14.6. The van der Waals surface area contributed by atoms with Gasteiger partial charge < -0.3 is 9.47 Å². The molecule has 154 valence electrons. The van der Waals surface area contributed by atoms with E-state index in [1.807, 2.05) is 49.4 Å². The summed E-state index contributed by atoms with van der Waals surface area (Å²) in [6.07, 6.45) is 2.72. The first kappa shape index (κ1) is 20.4. The highest BCUT2D eigenvalue weighted by Gasteiger charge is 2.14. The number of rotatable bonds is 7. The maximum Gasteiger partial charge on any atom is 0.291 e. The number of fused-ring (bicyclic) bond motifs is 1. The first-order valence-corrected chi connectivity index (χ1v) is 10.9. The van der Waals surface area contributed by atoms with Gasteiger partial charge in [-0.3, -0.25) is 4.79 Å². The molecule has 2 heterocycles. The molecule has 0 saturated carbocycles. The van der Waals surface area contributed by atoms with Crippen molar-refractivity contribution < 1.29 is 9.47 Å². The SMILES string of the molecule is CCCOc1ccc(/C=c2\sc3nc(-c4ccccc4Cl)nn3c2=O)cc1OCC. The Kier molecular flexibility index (Phi) is 6.01. The maximum absolute atomic E-state index is 12.8. The van der Waals surface area contributed by atoms with Crippen molar-refractivity contribution in [1.29, 1.82) is 0 Å². The molecule has 0 aliphatic carbocycles. The van der Waals surface area contributed by atoms with E-state index >= 15 is 0 Å². The average Bonchev–Trinajstić information content (AvgIpc) is 3.27. The van der Waals surface area contributed by atoms with E-state index < -0.39 is 0 Å². The minimum Gasteiger partial charge on any atom is -0.490 e. The molecule has 6 nitrogen and oxygen atoms in total. The zero-order valence-electron chi connectivity index (χ0n) is 16.6. The third kappa shape index (κ3) is 4.04. The molecule has 30 heavy (non-hydrogen) atoms. The second-order valence-electron chi connectivity index (χ2n) is 6.51. The van der Waals surface area contributed by atoms with Gasteiger partial charge in [0.15, 0.2) is 17.3 Å². The summed E-state index contributed by atoms with van der Waals surface area (Å²) in [7, 11) is 0. The third-order valence-corrected chi connectivity index (χ3v) is 5.61. The molecule has 0 N–H and O–H groups in total. The normalized spacial score (nSPS) is 11.9. The van der Waals surface area contributed by atoms with E-state index in [0.717, 1.165) is 12.0 Å². The van der Waals surface area contributed by atoms with E-state index in [1.165, 1.54) is 15.9 Å². The van der Waals surface area contributed by atoms with Crippen LogP contribution < -0.4 is 19.6 Å². The number of ether oxygens (including phenoxy) is 2. The van der Waals surface area contributed by atoms with Gasteiger partial charge in [-0.25, -0.2) is 0 Å². The van der Waals surface area contributed by atoms with Crippen molar-refractivity contribution in [2.45, 2.75) is 20.3 Å². The van der Waals surface area contributed by atoms with Gasteiger partial charge in [-0.2, -0.15) is 9.50 Å². The van der Waals surface area contributed by atoms with Crippen LogP contribution in [-0.4, -0.2) is 27.8 Å². The minimum absolute atomic E-state index is 0.218. The quantitative estimate of drug-likeness (QED) is 0.430. The number of aromatic nitrogens is 3. The lowest BCUT2D eigenvalue weighted by Crippen LogP contribution is -2.23. The molecule has 0 amide bonds. The molecular weight excluding hydrogens is 422 g/mol. The van der Waals surface area contributed by atoms with Crippen LogP contribution in [0.15, 0.2) is 47.3 Å². The summed E-state index contributed by atoms with van der Waals surface area (Å²) in [5.41, 5.74) is 1.32. The summed E-state index contributed by atoms with van der Waals surface area (Å²) >= 11 is 7.51. The van der Waals surface area contributed by atoms with Crippen LogP contribution in [-0.2, 0) is 0 Å².